The Morgan fingerprint density at radius 1 is 1.13 bits per heavy atom. The largest absolute Gasteiger partial charge is 0.351 e. The molecule has 0 aliphatic heterocycles. The molecule has 1 aliphatic rings. The van der Waals surface area contributed by atoms with E-state index in [2.05, 4.69) is 46.5 Å². The highest BCUT2D eigenvalue weighted by Crippen LogP contribution is 2.28. The van der Waals surface area contributed by atoms with Crippen LogP contribution in [0.1, 0.15) is 25.7 Å². The van der Waals surface area contributed by atoms with Crippen LogP contribution in [0.5, 0.6) is 0 Å². The maximum atomic E-state index is 12.2. The summed E-state index contributed by atoms with van der Waals surface area (Å²) in [7, 11) is 3.63. The fourth-order valence-electron chi connectivity index (χ4n) is 3.75. The van der Waals surface area contributed by atoms with Crippen LogP contribution in [0.25, 0.3) is 11.0 Å². The predicted octanol–water partition coefficient (Wildman–Crippen LogP) is 3.98. The van der Waals surface area contributed by atoms with E-state index in [1.807, 2.05) is 38.4 Å². The zero-order valence-corrected chi connectivity index (χ0v) is 18.6. The third-order valence-electron chi connectivity index (χ3n) is 5.32. The number of fused-ring (bicyclic) bond motifs is 1. The van der Waals surface area contributed by atoms with Crippen LogP contribution in [0.4, 0.5) is 17.5 Å². The van der Waals surface area contributed by atoms with Crippen molar-refractivity contribution in [2.45, 2.75) is 31.7 Å². The molecule has 2 N–H and O–H groups in total. The quantitative estimate of drug-likeness (QED) is 0.582. The van der Waals surface area contributed by atoms with Crippen molar-refractivity contribution in [2.75, 3.05) is 24.7 Å². The topological polar surface area (TPSA) is 95.9 Å². The van der Waals surface area contributed by atoms with Crippen molar-refractivity contribution < 1.29 is 4.79 Å². The number of halogens is 1. The number of anilines is 3. The van der Waals surface area contributed by atoms with E-state index in [0.717, 1.165) is 35.8 Å². The number of rotatable bonds is 5. The number of carbonyl (C=O) groups is 1. The van der Waals surface area contributed by atoms with Gasteiger partial charge in [-0.2, -0.15) is 0 Å². The second-order valence-electron chi connectivity index (χ2n) is 7.71. The highest BCUT2D eigenvalue weighted by molar-refractivity contribution is 9.10. The molecule has 0 saturated heterocycles. The summed E-state index contributed by atoms with van der Waals surface area (Å²) in [6.07, 6.45) is 6.80. The maximum absolute atomic E-state index is 12.2. The van der Waals surface area contributed by atoms with Crippen molar-refractivity contribution in [3.8, 4) is 0 Å². The van der Waals surface area contributed by atoms with Crippen LogP contribution >= 0.6 is 15.9 Å². The fraction of sp³-hybridized carbons (Fsp3) is 0.381. The number of amides is 1. The van der Waals surface area contributed by atoms with E-state index in [4.69, 9.17) is 0 Å². The molecule has 30 heavy (non-hydrogen) atoms. The molecule has 2 heterocycles. The molecule has 1 saturated carbocycles. The number of hydrogen-bond acceptors (Lipinski definition) is 7. The van der Waals surface area contributed by atoms with Crippen molar-refractivity contribution in [1.82, 2.24) is 24.8 Å². The van der Waals surface area contributed by atoms with E-state index in [1.165, 1.54) is 6.33 Å². The van der Waals surface area contributed by atoms with Crippen LogP contribution in [0, 0.1) is 5.92 Å². The van der Waals surface area contributed by atoms with Crippen LogP contribution in [0.2, 0.25) is 0 Å². The smallest absolute Gasteiger partial charge is 0.225 e. The lowest BCUT2D eigenvalue weighted by molar-refractivity contribution is -0.133. The Hall–Kier alpha value is -2.81. The first-order valence-corrected chi connectivity index (χ1v) is 10.8. The monoisotopic (exact) mass is 469 g/mol. The summed E-state index contributed by atoms with van der Waals surface area (Å²) in [5.41, 5.74) is 2.24. The van der Waals surface area contributed by atoms with E-state index in [1.54, 1.807) is 11.1 Å². The van der Waals surface area contributed by atoms with Crippen LogP contribution in [-0.4, -0.2) is 50.9 Å². The first-order valence-electron chi connectivity index (χ1n) is 9.97. The number of benzene rings is 1. The number of hydrogen-bond donors (Lipinski definition) is 2. The Balaban J connectivity index is 1.49. The molecule has 9 heteroatoms. The summed E-state index contributed by atoms with van der Waals surface area (Å²) in [5, 5.41) is 6.73. The lowest BCUT2D eigenvalue weighted by Crippen LogP contribution is -2.35. The number of carbonyl (C=O) groups excluding carboxylic acids is 1. The molecular formula is C21H24BrN7O. The van der Waals surface area contributed by atoms with Gasteiger partial charge in [-0.3, -0.25) is 4.79 Å². The average Bonchev–Trinajstić information content (AvgIpc) is 2.74. The van der Waals surface area contributed by atoms with Gasteiger partial charge in [0.05, 0.1) is 6.20 Å². The van der Waals surface area contributed by atoms with Gasteiger partial charge in [-0.15, -0.1) is 0 Å². The van der Waals surface area contributed by atoms with Gasteiger partial charge in [-0.25, -0.2) is 19.9 Å². The summed E-state index contributed by atoms with van der Waals surface area (Å²) in [6, 6.07) is 8.11. The molecule has 8 nitrogen and oxygen atoms in total. The van der Waals surface area contributed by atoms with Crippen LogP contribution in [0.15, 0.2) is 41.3 Å². The summed E-state index contributed by atoms with van der Waals surface area (Å²) in [5.74, 6) is 1.52. The van der Waals surface area contributed by atoms with Gasteiger partial charge in [0.1, 0.15) is 17.4 Å². The van der Waals surface area contributed by atoms with E-state index >= 15 is 0 Å². The lowest BCUT2D eigenvalue weighted by atomic mass is 9.85. The molecule has 0 atom stereocenters. The van der Waals surface area contributed by atoms with Gasteiger partial charge in [0.2, 0.25) is 11.9 Å². The molecule has 0 radical (unpaired) electrons. The molecule has 1 aliphatic carbocycles. The van der Waals surface area contributed by atoms with Crippen LogP contribution in [0.3, 0.4) is 0 Å². The third kappa shape index (κ3) is 4.67. The summed E-state index contributed by atoms with van der Waals surface area (Å²) >= 11 is 3.48. The molecule has 0 spiro atoms. The minimum Gasteiger partial charge on any atom is -0.351 e. The first kappa shape index (κ1) is 20.5. The Kier molecular flexibility index (Phi) is 6.08. The average molecular weight is 470 g/mol. The minimum atomic E-state index is 0.116. The Labute approximate surface area is 183 Å². The molecule has 2 aromatic heterocycles. The summed E-state index contributed by atoms with van der Waals surface area (Å²) < 4.78 is 0.978. The predicted molar refractivity (Wildman–Crippen MR) is 121 cm³/mol. The zero-order valence-electron chi connectivity index (χ0n) is 17.0. The number of aromatic nitrogens is 4. The van der Waals surface area contributed by atoms with Crippen molar-refractivity contribution in [1.29, 1.82) is 0 Å². The normalized spacial score (nSPS) is 18.8. The van der Waals surface area contributed by atoms with Gasteiger partial charge >= 0.3 is 0 Å². The molecule has 0 bridgehead atoms. The van der Waals surface area contributed by atoms with Gasteiger partial charge in [-0.1, -0.05) is 22.0 Å². The lowest BCUT2D eigenvalue weighted by Gasteiger charge is -2.29. The van der Waals surface area contributed by atoms with E-state index < -0.39 is 0 Å². The highest BCUT2D eigenvalue weighted by atomic mass is 79.9. The Bertz CT molecular complexity index is 1050. The van der Waals surface area contributed by atoms with Gasteiger partial charge in [0.15, 0.2) is 5.82 Å². The van der Waals surface area contributed by atoms with E-state index in [0.29, 0.717) is 22.8 Å². The van der Waals surface area contributed by atoms with Gasteiger partial charge < -0.3 is 15.5 Å². The van der Waals surface area contributed by atoms with Gasteiger partial charge in [0.25, 0.3) is 0 Å². The SMILES string of the molecule is CN(C)C(=O)C1CCC(Nc2ncc3ncnc(Nc4cccc(Br)c4)c3n2)CC1. The standard InChI is InChI=1S/C21H24BrN7O/c1-29(2)20(30)13-6-8-15(9-7-13)27-21-23-11-17-18(28-21)19(25-12-24-17)26-16-5-3-4-14(22)10-16/h3-5,10-13,15H,6-9H2,1-2H3,(H,23,27,28)(H,24,25,26). The van der Waals surface area contributed by atoms with Crippen LogP contribution < -0.4 is 10.6 Å². The van der Waals surface area contributed by atoms with Crippen molar-refractivity contribution in [3.05, 3.63) is 41.3 Å². The summed E-state index contributed by atoms with van der Waals surface area (Å²) in [4.78, 5) is 31.6. The van der Waals surface area contributed by atoms with Crippen molar-refractivity contribution >= 4 is 50.3 Å². The molecule has 3 aromatic rings. The van der Waals surface area contributed by atoms with Gasteiger partial charge in [-0.05, 0) is 43.9 Å². The number of nitrogens with one attached hydrogen (secondary N) is 2. The molecular weight excluding hydrogens is 446 g/mol. The van der Waals surface area contributed by atoms with Crippen molar-refractivity contribution in [2.24, 2.45) is 5.92 Å². The second kappa shape index (κ2) is 8.91. The third-order valence-corrected chi connectivity index (χ3v) is 5.81. The molecule has 1 aromatic carbocycles. The molecule has 156 valence electrons. The van der Waals surface area contributed by atoms with E-state index in [9.17, 15) is 4.79 Å². The molecule has 0 unspecified atom stereocenters. The molecule has 4 rings (SSSR count). The Morgan fingerprint density at radius 2 is 1.93 bits per heavy atom. The first-order chi connectivity index (χ1) is 14.5. The van der Waals surface area contributed by atoms with E-state index in [-0.39, 0.29) is 17.9 Å². The minimum absolute atomic E-state index is 0.116. The van der Waals surface area contributed by atoms with Crippen LogP contribution in [-0.2, 0) is 4.79 Å². The summed E-state index contributed by atoms with van der Waals surface area (Å²) in [6.45, 7) is 0. The maximum Gasteiger partial charge on any atom is 0.225 e. The second-order valence-corrected chi connectivity index (χ2v) is 8.63. The zero-order chi connectivity index (χ0) is 21.1. The Morgan fingerprint density at radius 3 is 2.67 bits per heavy atom. The fourth-order valence-corrected chi connectivity index (χ4v) is 4.15. The van der Waals surface area contributed by atoms with Gasteiger partial charge in [0, 0.05) is 36.2 Å². The molecule has 1 amide bonds. The highest BCUT2D eigenvalue weighted by Gasteiger charge is 2.27. The van der Waals surface area contributed by atoms with Crippen molar-refractivity contribution in [3.63, 3.8) is 0 Å². The number of nitrogens with zero attached hydrogens (tertiary/aromatic N) is 5. The molecule has 1 fully saturated rings.